The summed E-state index contributed by atoms with van der Waals surface area (Å²) < 4.78 is 20.8. The van der Waals surface area contributed by atoms with Gasteiger partial charge in [0.2, 0.25) is 11.5 Å². The zero-order valence-electron chi connectivity index (χ0n) is 21.0. The summed E-state index contributed by atoms with van der Waals surface area (Å²) in [7, 11) is 2.46. The van der Waals surface area contributed by atoms with E-state index in [1.54, 1.807) is 0 Å². The highest BCUT2D eigenvalue weighted by Crippen LogP contribution is 2.39. The van der Waals surface area contributed by atoms with E-state index in [-0.39, 0.29) is 53.0 Å². The van der Waals surface area contributed by atoms with Gasteiger partial charge in [-0.05, 0) is 47.5 Å². The van der Waals surface area contributed by atoms with Gasteiger partial charge in [0.15, 0.2) is 5.75 Å². The Morgan fingerprint density at radius 2 is 1.85 bits per heavy atom. The van der Waals surface area contributed by atoms with E-state index in [1.165, 1.54) is 62.8 Å². The predicted octanol–water partition coefficient (Wildman–Crippen LogP) is 3.35. The van der Waals surface area contributed by atoms with Gasteiger partial charge in [0.25, 0.3) is 5.91 Å². The van der Waals surface area contributed by atoms with E-state index in [1.807, 2.05) is 0 Å². The third kappa shape index (κ3) is 5.75. The van der Waals surface area contributed by atoms with Gasteiger partial charge in [0.1, 0.15) is 18.1 Å². The molecule has 1 saturated heterocycles. The van der Waals surface area contributed by atoms with Crippen molar-refractivity contribution in [2.45, 2.75) is 13.2 Å². The summed E-state index contributed by atoms with van der Waals surface area (Å²) in [5.74, 6) is -2.68. The number of benzene rings is 2. The number of amides is 3. The third-order valence-corrected chi connectivity index (χ3v) is 5.69. The van der Waals surface area contributed by atoms with Crippen molar-refractivity contribution in [2.24, 2.45) is 0 Å². The van der Waals surface area contributed by atoms with Crippen LogP contribution in [-0.4, -0.2) is 53.0 Å². The molecular weight excluding hydrogens is 530 g/mol. The monoisotopic (exact) mass is 551 g/mol. The number of carboxylic acid groups (broad SMARTS) is 1. The minimum atomic E-state index is -1.09. The first-order valence-electron chi connectivity index (χ1n) is 11.4. The summed E-state index contributed by atoms with van der Waals surface area (Å²) in [5.41, 5.74) is 0.175. The number of carbonyl (C=O) groups is 4. The summed E-state index contributed by atoms with van der Waals surface area (Å²) in [6.45, 7) is -0.395. The molecule has 40 heavy (non-hydrogen) atoms. The molecule has 0 atom stereocenters. The lowest BCUT2D eigenvalue weighted by Crippen LogP contribution is -2.30. The van der Waals surface area contributed by atoms with Crippen molar-refractivity contribution in [1.29, 1.82) is 0 Å². The fourth-order valence-corrected chi connectivity index (χ4v) is 3.73. The molecule has 0 spiro atoms. The largest absolute Gasteiger partial charge is 0.493 e. The van der Waals surface area contributed by atoms with Gasteiger partial charge >= 0.3 is 23.7 Å². The van der Waals surface area contributed by atoms with Crippen molar-refractivity contribution in [3.63, 3.8) is 0 Å². The number of methoxy groups -OCH3 is 2. The zero-order chi connectivity index (χ0) is 29.0. The number of carbonyl (C=O) groups excluding carboxylic acids is 3. The van der Waals surface area contributed by atoms with Crippen LogP contribution in [0.5, 0.6) is 11.5 Å². The fraction of sp³-hybridized carbons (Fsp3) is 0.154. The van der Waals surface area contributed by atoms with Gasteiger partial charge in [-0.3, -0.25) is 19.8 Å². The second-order valence-corrected chi connectivity index (χ2v) is 8.26. The maximum absolute atomic E-state index is 12.9. The quantitative estimate of drug-likeness (QED) is 0.124. The molecule has 0 radical (unpaired) electrons. The second kappa shape index (κ2) is 11.4. The number of nitro benzene ring substituents is 1. The Morgan fingerprint density at radius 3 is 2.48 bits per heavy atom. The molecule has 1 fully saturated rings. The van der Waals surface area contributed by atoms with Gasteiger partial charge in [-0.1, -0.05) is 12.1 Å². The fourth-order valence-electron chi connectivity index (χ4n) is 3.73. The second-order valence-electron chi connectivity index (χ2n) is 8.26. The number of carboxylic acids is 1. The number of aromatic carboxylic acids is 1. The predicted molar refractivity (Wildman–Crippen MR) is 134 cm³/mol. The van der Waals surface area contributed by atoms with Crippen molar-refractivity contribution in [1.82, 2.24) is 10.2 Å². The molecule has 0 aliphatic carbocycles. The molecule has 14 heteroatoms. The summed E-state index contributed by atoms with van der Waals surface area (Å²) >= 11 is 0. The van der Waals surface area contributed by atoms with E-state index in [4.69, 9.17) is 19.0 Å². The molecule has 4 rings (SSSR count). The van der Waals surface area contributed by atoms with Crippen LogP contribution in [0.4, 0.5) is 10.5 Å². The van der Waals surface area contributed by atoms with Gasteiger partial charge in [-0.15, -0.1) is 0 Å². The van der Waals surface area contributed by atoms with Crippen molar-refractivity contribution in [2.75, 3.05) is 14.2 Å². The number of furan rings is 1. The van der Waals surface area contributed by atoms with E-state index in [0.717, 1.165) is 11.0 Å². The molecule has 2 heterocycles. The number of hydrogen-bond acceptors (Lipinski definition) is 10. The number of nitrogens with one attached hydrogen (secondary N) is 1. The molecular formula is C26H21N3O11. The van der Waals surface area contributed by atoms with Crippen molar-refractivity contribution in [3.8, 4) is 11.5 Å². The minimum Gasteiger partial charge on any atom is -0.493 e. The smallest absolute Gasteiger partial charge is 0.373 e. The number of nitro groups is 1. The first kappa shape index (κ1) is 27.4. The molecule has 2 aromatic carbocycles. The van der Waals surface area contributed by atoms with Crippen LogP contribution in [0.25, 0.3) is 6.08 Å². The van der Waals surface area contributed by atoms with Crippen molar-refractivity contribution < 1.29 is 47.8 Å². The van der Waals surface area contributed by atoms with Crippen molar-refractivity contribution >= 4 is 35.6 Å². The lowest BCUT2D eigenvalue weighted by atomic mass is 10.1. The summed E-state index contributed by atoms with van der Waals surface area (Å²) in [4.78, 5) is 60.0. The number of hydrogen-bond donors (Lipinski definition) is 2. The van der Waals surface area contributed by atoms with E-state index in [9.17, 15) is 29.3 Å². The zero-order valence-corrected chi connectivity index (χ0v) is 21.0. The molecule has 2 N–H and O–H groups in total. The van der Waals surface area contributed by atoms with Gasteiger partial charge in [0, 0.05) is 6.07 Å². The highest BCUT2D eigenvalue weighted by Gasteiger charge is 2.35. The van der Waals surface area contributed by atoms with E-state index < -0.39 is 34.5 Å². The summed E-state index contributed by atoms with van der Waals surface area (Å²) in [6.07, 6.45) is 1.24. The van der Waals surface area contributed by atoms with Crippen LogP contribution in [-0.2, 0) is 22.7 Å². The topological polar surface area (TPSA) is 188 Å². The molecule has 1 aromatic heterocycles. The first-order valence-corrected chi connectivity index (χ1v) is 11.4. The van der Waals surface area contributed by atoms with Gasteiger partial charge in [-0.25, -0.2) is 14.4 Å². The average molecular weight is 551 g/mol. The Balaban J connectivity index is 1.56. The van der Waals surface area contributed by atoms with Crippen molar-refractivity contribution in [3.05, 3.63) is 92.6 Å². The number of urea groups is 1. The molecule has 3 aromatic rings. The molecule has 1 aliphatic rings. The number of rotatable bonds is 10. The average Bonchev–Trinajstić information content (AvgIpc) is 3.51. The lowest BCUT2D eigenvalue weighted by molar-refractivity contribution is -0.386. The van der Waals surface area contributed by atoms with Crippen LogP contribution in [0.15, 0.2) is 58.6 Å². The van der Waals surface area contributed by atoms with Gasteiger partial charge < -0.3 is 29.1 Å². The SMILES string of the molecule is COC(=O)c1ccc(CN2C(=O)N/C(=C\c3cc(OC)c(OCc4ccc(C(=O)O)cc4)c([N+](=O)[O-])c3)C2=O)o1. The van der Waals surface area contributed by atoms with E-state index in [2.05, 4.69) is 10.1 Å². The van der Waals surface area contributed by atoms with E-state index >= 15 is 0 Å². The molecule has 206 valence electrons. The highest BCUT2D eigenvalue weighted by molar-refractivity contribution is 6.14. The molecule has 1 aliphatic heterocycles. The Kier molecular flexibility index (Phi) is 7.79. The summed E-state index contributed by atoms with van der Waals surface area (Å²) in [5, 5.41) is 23.3. The maximum atomic E-state index is 12.9. The van der Waals surface area contributed by atoms with E-state index in [0.29, 0.717) is 5.56 Å². The van der Waals surface area contributed by atoms with Crippen LogP contribution in [0, 0.1) is 10.1 Å². The van der Waals surface area contributed by atoms with Crippen LogP contribution in [0.2, 0.25) is 0 Å². The Morgan fingerprint density at radius 1 is 1.12 bits per heavy atom. The Hall–Kier alpha value is -5.66. The van der Waals surface area contributed by atoms with Gasteiger partial charge in [-0.2, -0.15) is 0 Å². The minimum absolute atomic E-state index is 0.0113. The number of ether oxygens (including phenoxy) is 3. The van der Waals surface area contributed by atoms with Crippen LogP contribution >= 0.6 is 0 Å². The first-order chi connectivity index (χ1) is 19.1. The summed E-state index contributed by atoms with van der Waals surface area (Å²) in [6, 6.07) is 10.3. The standard InChI is InChI=1S/C26H21N3O11/c1-37-21-11-15(10-19(29(35)36)22(21)39-13-14-3-5-16(6-4-14)24(31)32)9-18-23(30)28(26(34)27-18)12-17-7-8-20(40-17)25(33)38-2/h3-11H,12-13H2,1-2H3,(H,27,34)(H,31,32)/b18-9-. The normalized spacial score (nSPS) is 13.8. The number of esters is 1. The molecule has 0 bridgehead atoms. The number of imide groups is 1. The van der Waals surface area contributed by atoms with Crippen LogP contribution in [0.3, 0.4) is 0 Å². The molecule has 3 amide bonds. The van der Waals surface area contributed by atoms with Crippen LogP contribution < -0.4 is 14.8 Å². The molecule has 14 nitrogen and oxygen atoms in total. The Bertz CT molecular complexity index is 1540. The maximum Gasteiger partial charge on any atom is 0.373 e. The Labute approximate surface area is 225 Å². The highest BCUT2D eigenvalue weighted by atomic mass is 16.6. The lowest BCUT2D eigenvalue weighted by Gasteiger charge is -2.12. The molecule has 0 unspecified atom stereocenters. The molecule has 0 saturated carbocycles. The number of nitrogens with zero attached hydrogens (tertiary/aromatic N) is 2. The van der Waals surface area contributed by atoms with Gasteiger partial charge in [0.05, 0.1) is 31.3 Å². The van der Waals surface area contributed by atoms with Crippen LogP contribution in [0.1, 0.15) is 37.8 Å². The third-order valence-electron chi connectivity index (χ3n) is 5.69.